The van der Waals surface area contributed by atoms with Crippen LogP contribution in [0.3, 0.4) is 0 Å². The number of carboxylic acid groups (broad SMARTS) is 1. The van der Waals surface area contributed by atoms with Gasteiger partial charge in [-0.2, -0.15) is 0 Å². The van der Waals surface area contributed by atoms with Crippen LogP contribution >= 0.6 is 0 Å². The summed E-state index contributed by atoms with van der Waals surface area (Å²) in [5.41, 5.74) is 0.259. The monoisotopic (exact) mass is 269 g/mol. The number of carboxylic acids is 1. The minimum Gasteiger partial charge on any atom is -0.478 e. The van der Waals surface area contributed by atoms with Gasteiger partial charge in [0.15, 0.2) is 0 Å². The van der Waals surface area contributed by atoms with Crippen molar-refractivity contribution in [1.29, 1.82) is 0 Å². The van der Waals surface area contributed by atoms with Crippen molar-refractivity contribution in [3.63, 3.8) is 0 Å². The number of carbonyl (C=O) groups is 2. The van der Waals surface area contributed by atoms with Gasteiger partial charge >= 0.3 is 5.97 Å². The molecule has 5 nitrogen and oxygen atoms in total. The minimum absolute atomic E-state index is 0.112. The zero-order valence-corrected chi connectivity index (χ0v) is 11.7. The number of hydrogen-bond acceptors (Lipinski definition) is 3. The van der Waals surface area contributed by atoms with Crippen molar-refractivity contribution in [2.24, 2.45) is 11.8 Å². The zero-order valence-electron chi connectivity index (χ0n) is 11.7. The zero-order chi connectivity index (χ0) is 14.6. The van der Waals surface area contributed by atoms with Crippen molar-refractivity contribution in [1.82, 2.24) is 5.32 Å². The molecule has 0 saturated carbocycles. The maximum atomic E-state index is 11.3. The Kier molecular flexibility index (Phi) is 5.54. The molecule has 1 rings (SSSR count). The van der Waals surface area contributed by atoms with Gasteiger partial charge in [-0.3, -0.25) is 4.79 Å². The van der Waals surface area contributed by atoms with Gasteiger partial charge in [-0.05, 0) is 18.8 Å². The van der Waals surface area contributed by atoms with Crippen molar-refractivity contribution < 1.29 is 19.8 Å². The van der Waals surface area contributed by atoms with Crippen molar-refractivity contribution in [2.45, 2.75) is 52.2 Å². The first kappa shape index (κ1) is 15.7. The van der Waals surface area contributed by atoms with Crippen LogP contribution in [0.25, 0.3) is 0 Å². The number of rotatable bonds is 5. The average Bonchev–Trinajstić information content (AvgIpc) is 2.26. The van der Waals surface area contributed by atoms with Gasteiger partial charge in [0.2, 0.25) is 5.91 Å². The third-order valence-corrected chi connectivity index (χ3v) is 3.47. The first-order valence-corrected chi connectivity index (χ1v) is 6.68. The van der Waals surface area contributed by atoms with Crippen LogP contribution in [0, 0.1) is 11.8 Å². The SMILES string of the molecule is CC(=O)N[C@@H](CC(C)C)[C@@H]1CC=C(C(=O)O)C[C@@H]1O. The van der Waals surface area contributed by atoms with Gasteiger partial charge in [0.25, 0.3) is 0 Å². The summed E-state index contributed by atoms with van der Waals surface area (Å²) in [6.45, 7) is 5.58. The summed E-state index contributed by atoms with van der Waals surface area (Å²) < 4.78 is 0. The molecule has 1 aliphatic carbocycles. The predicted molar refractivity (Wildman–Crippen MR) is 71.5 cm³/mol. The molecule has 0 saturated heterocycles. The first-order chi connectivity index (χ1) is 8.81. The van der Waals surface area contributed by atoms with Crippen molar-refractivity contribution in [2.75, 3.05) is 0 Å². The molecule has 0 heterocycles. The van der Waals surface area contributed by atoms with E-state index < -0.39 is 12.1 Å². The lowest BCUT2D eigenvalue weighted by atomic mass is 9.79. The highest BCUT2D eigenvalue weighted by Crippen LogP contribution is 2.29. The molecule has 0 aromatic rings. The fraction of sp³-hybridized carbons (Fsp3) is 0.714. The molecule has 0 radical (unpaired) electrons. The Morgan fingerprint density at radius 2 is 2.11 bits per heavy atom. The van der Waals surface area contributed by atoms with Crippen molar-refractivity contribution >= 4 is 11.9 Å². The lowest BCUT2D eigenvalue weighted by molar-refractivity contribution is -0.133. The summed E-state index contributed by atoms with van der Waals surface area (Å²) in [4.78, 5) is 22.1. The summed E-state index contributed by atoms with van der Waals surface area (Å²) in [7, 11) is 0. The van der Waals surface area contributed by atoms with E-state index in [1.54, 1.807) is 6.08 Å². The fourth-order valence-electron chi connectivity index (χ4n) is 2.61. The van der Waals surface area contributed by atoms with Gasteiger partial charge in [0, 0.05) is 30.9 Å². The molecule has 0 aliphatic heterocycles. The molecule has 5 heteroatoms. The highest BCUT2D eigenvalue weighted by Gasteiger charge is 2.33. The Morgan fingerprint density at radius 3 is 2.53 bits per heavy atom. The van der Waals surface area contributed by atoms with E-state index in [2.05, 4.69) is 19.2 Å². The van der Waals surface area contributed by atoms with Crippen LogP contribution in [0.1, 0.15) is 40.0 Å². The molecular formula is C14H23NO4. The molecule has 0 fully saturated rings. The second-order valence-electron chi connectivity index (χ2n) is 5.64. The first-order valence-electron chi connectivity index (χ1n) is 6.68. The molecule has 1 aliphatic rings. The van der Waals surface area contributed by atoms with E-state index >= 15 is 0 Å². The number of amides is 1. The lowest BCUT2D eigenvalue weighted by Gasteiger charge is -2.34. The third kappa shape index (κ3) is 4.67. The summed E-state index contributed by atoms with van der Waals surface area (Å²) in [5.74, 6) is -0.813. The van der Waals surface area contributed by atoms with Crippen LogP contribution in [0.4, 0.5) is 0 Å². The number of aliphatic carboxylic acids is 1. The number of allylic oxidation sites excluding steroid dienone is 1. The summed E-state index contributed by atoms with van der Waals surface area (Å²) in [6.07, 6.45) is 2.35. The lowest BCUT2D eigenvalue weighted by Crippen LogP contribution is -2.46. The largest absolute Gasteiger partial charge is 0.478 e. The van der Waals surface area contributed by atoms with E-state index in [1.807, 2.05) is 0 Å². The van der Waals surface area contributed by atoms with E-state index in [0.29, 0.717) is 12.3 Å². The van der Waals surface area contributed by atoms with Crippen LogP contribution < -0.4 is 5.32 Å². The number of nitrogens with one attached hydrogen (secondary N) is 1. The molecule has 0 spiro atoms. The highest BCUT2D eigenvalue weighted by molar-refractivity contribution is 5.86. The molecule has 3 N–H and O–H groups in total. The molecule has 0 aromatic carbocycles. The molecule has 0 unspecified atom stereocenters. The number of hydrogen-bond donors (Lipinski definition) is 3. The van der Waals surface area contributed by atoms with E-state index in [0.717, 1.165) is 6.42 Å². The predicted octanol–water partition coefficient (Wildman–Crippen LogP) is 1.32. The van der Waals surface area contributed by atoms with Crippen molar-refractivity contribution in [3.8, 4) is 0 Å². The van der Waals surface area contributed by atoms with Crippen LogP contribution in [-0.4, -0.2) is 34.2 Å². The maximum absolute atomic E-state index is 11.3. The van der Waals surface area contributed by atoms with Gasteiger partial charge in [-0.15, -0.1) is 0 Å². The number of carbonyl (C=O) groups excluding carboxylic acids is 1. The minimum atomic E-state index is -0.975. The van der Waals surface area contributed by atoms with Gasteiger partial charge in [0.1, 0.15) is 0 Å². The Morgan fingerprint density at radius 1 is 1.47 bits per heavy atom. The fourth-order valence-corrected chi connectivity index (χ4v) is 2.61. The van der Waals surface area contributed by atoms with Crippen molar-refractivity contribution in [3.05, 3.63) is 11.6 Å². The molecule has 19 heavy (non-hydrogen) atoms. The van der Waals surface area contributed by atoms with Gasteiger partial charge in [-0.25, -0.2) is 4.79 Å². The van der Waals surface area contributed by atoms with Gasteiger partial charge in [0.05, 0.1) is 6.10 Å². The topological polar surface area (TPSA) is 86.6 Å². The quantitative estimate of drug-likeness (QED) is 0.702. The summed E-state index contributed by atoms with van der Waals surface area (Å²) >= 11 is 0. The molecule has 1 amide bonds. The Labute approximate surface area is 113 Å². The molecule has 0 bridgehead atoms. The standard InChI is InChI=1S/C14H23NO4/c1-8(2)6-12(15-9(3)16)11-5-4-10(14(18)19)7-13(11)17/h4,8,11-13,17H,5-7H2,1-3H3,(H,15,16)(H,18,19)/t11-,12-,13-/m0/s1. The molecule has 3 atom stereocenters. The Bertz CT molecular complexity index is 376. The number of aliphatic hydroxyl groups excluding tert-OH is 1. The highest BCUT2D eigenvalue weighted by atomic mass is 16.4. The van der Waals surface area contributed by atoms with E-state index in [1.165, 1.54) is 6.92 Å². The normalized spacial score (nSPS) is 24.8. The van der Waals surface area contributed by atoms with Gasteiger partial charge in [-0.1, -0.05) is 19.9 Å². The second-order valence-corrected chi connectivity index (χ2v) is 5.64. The summed E-state index contributed by atoms with van der Waals surface area (Å²) in [6, 6.07) is -0.112. The van der Waals surface area contributed by atoms with E-state index in [4.69, 9.17) is 5.11 Å². The Hall–Kier alpha value is -1.36. The third-order valence-electron chi connectivity index (χ3n) is 3.47. The van der Waals surface area contributed by atoms with Crippen LogP contribution in [0.15, 0.2) is 11.6 Å². The van der Waals surface area contributed by atoms with Crippen LogP contribution in [0.5, 0.6) is 0 Å². The van der Waals surface area contributed by atoms with E-state index in [-0.39, 0.29) is 29.9 Å². The number of aliphatic hydroxyl groups is 1. The van der Waals surface area contributed by atoms with Crippen LogP contribution in [0.2, 0.25) is 0 Å². The molecular weight excluding hydrogens is 246 g/mol. The Balaban J connectivity index is 2.79. The van der Waals surface area contributed by atoms with Crippen LogP contribution in [-0.2, 0) is 9.59 Å². The smallest absolute Gasteiger partial charge is 0.331 e. The maximum Gasteiger partial charge on any atom is 0.331 e. The van der Waals surface area contributed by atoms with E-state index in [9.17, 15) is 14.7 Å². The molecule has 0 aromatic heterocycles. The second kappa shape index (κ2) is 6.70. The van der Waals surface area contributed by atoms with Gasteiger partial charge < -0.3 is 15.5 Å². The molecule has 108 valence electrons. The average molecular weight is 269 g/mol. The summed E-state index contributed by atoms with van der Waals surface area (Å²) in [5, 5.41) is 21.9.